The highest BCUT2D eigenvalue weighted by Gasteiger charge is 2.41. The molecule has 7 nitrogen and oxygen atoms in total. The zero-order valence-corrected chi connectivity index (χ0v) is 18.7. The number of H-pyrrole nitrogens is 1. The highest BCUT2D eigenvalue weighted by Crippen LogP contribution is 2.33. The molecule has 168 valence electrons. The first kappa shape index (κ1) is 22.2. The first-order valence-electron chi connectivity index (χ1n) is 10.4. The normalized spacial score (nSPS) is 20.1. The predicted molar refractivity (Wildman–Crippen MR) is 121 cm³/mol. The van der Waals surface area contributed by atoms with Crippen molar-refractivity contribution < 1.29 is 14.3 Å². The number of hydrogen-bond acceptors (Lipinski definition) is 5. The topological polar surface area (TPSA) is 103 Å². The summed E-state index contributed by atoms with van der Waals surface area (Å²) in [4.78, 5) is 24.1. The first-order chi connectivity index (χ1) is 15.2. The molecule has 4 rings (SSSR count). The fraction of sp³-hybridized carbons (Fsp3) is 0.348. The summed E-state index contributed by atoms with van der Waals surface area (Å²) < 4.78 is 14.5. The van der Waals surface area contributed by atoms with E-state index in [1.54, 1.807) is 6.92 Å². The predicted octanol–water partition coefficient (Wildman–Crippen LogP) is 3.96. The van der Waals surface area contributed by atoms with Crippen molar-refractivity contribution in [3.05, 3.63) is 64.3 Å². The number of carbonyl (C=O) groups excluding carboxylic acids is 1. The molecule has 32 heavy (non-hydrogen) atoms. The molecular weight excluding hydrogens is 433 g/mol. The van der Waals surface area contributed by atoms with Crippen LogP contribution in [0.4, 0.5) is 10.3 Å². The van der Waals surface area contributed by atoms with E-state index < -0.39 is 23.8 Å². The maximum atomic E-state index is 14.5. The summed E-state index contributed by atoms with van der Waals surface area (Å²) in [5.74, 6) is -2.13. The summed E-state index contributed by atoms with van der Waals surface area (Å²) in [7, 11) is 0. The van der Waals surface area contributed by atoms with Crippen LogP contribution >= 0.6 is 11.6 Å². The Morgan fingerprint density at radius 3 is 2.69 bits per heavy atom. The summed E-state index contributed by atoms with van der Waals surface area (Å²) in [6.07, 6.45) is 0.276. The molecule has 3 aromatic rings. The first-order valence-corrected chi connectivity index (χ1v) is 10.8. The van der Waals surface area contributed by atoms with Gasteiger partial charge in [-0.25, -0.2) is 14.4 Å². The minimum Gasteiger partial charge on any atom is -0.393 e. The van der Waals surface area contributed by atoms with Crippen molar-refractivity contribution in [2.45, 2.75) is 38.8 Å². The SMILES string of the molecule is Cc1cc([C@H](C)Nc2ncc(F)c([C@@H]3C(=O)NCC3[C@@H](C)O)n2)[nH]c1-c1ccc(Cl)cc1. The lowest BCUT2D eigenvalue weighted by Gasteiger charge is -2.20. The number of anilines is 1. The van der Waals surface area contributed by atoms with Gasteiger partial charge >= 0.3 is 0 Å². The number of rotatable bonds is 6. The lowest BCUT2D eigenvalue weighted by molar-refractivity contribution is -0.121. The molecule has 4 N–H and O–H groups in total. The number of halogens is 2. The summed E-state index contributed by atoms with van der Waals surface area (Å²) in [6, 6.07) is 9.39. The molecule has 1 fully saturated rings. The number of amides is 1. The van der Waals surface area contributed by atoms with Crippen molar-refractivity contribution >= 4 is 23.5 Å². The van der Waals surface area contributed by atoms with E-state index in [0.717, 1.165) is 28.7 Å². The third kappa shape index (κ3) is 4.33. The Morgan fingerprint density at radius 1 is 1.28 bits per heavy atom. The molecular formula is C23H25ClFN5O2. The Balaban J connectivity index is 1.57. The van der Waals surface area contributed by atoms with E-state index in [4.69, 9.17) is 11.6 Å². The van der Waals surface area contributed by atoms with Crippen LogP contribution < -0.4 is 10.6 Å². The number of aliphatic hydroxyl groups excluding tert-OH is 1. The monoisotopic (exact) mass is 457 g/mol. The number of benzene rings is 1. The van der Waals surface area contributed by atoms with Gasteiger partial charge in [-0.3, -0.25) is 4.79 Å². The molecule has 1 saturated heterocycles. The van der Waals surface area contributed by atoms with Gasteiger partial charge in [-0.2, -0.15) is 0 Å². The van der Waals surface area contributed by atoms with Gasteiger partial charge in [-0.15, -0.1) is 0 Å². The van der Waals surface area contributed by atoms with Crippen LogP contribution in [0.5, 0.6) is 0 Å². The Morgan fingerprint density at radius 2 is 2.00 bits per heavy atom. The summed E-state index contributed by atoms with van der Waals surface area (Å²) in [6.45, 7) is 5.81. The van der Waals surface area contributed by atoms with E-state index in [0.29, 0.717) is 5.02 Å². The minimum atomic E-state index is -0.863. The molecule has 1 unspecified atom stereocenters. The van der Waals surface area contributed by atoms with Gasteiger partial charge in [0.15, 0.2) is 5.82 Å². The van der Waals surface area contributed by atoms with Crippen LogP contribution in [0.1, 0.15) is 42.8 Å². The number of aromatic nitrogens is 3. The quantitative estimate of drug-likeness (QED) is 0.448. The number of carbonyl (C=O) groups is 1. The second-order valence-electron chi connectivity index (χ2n) is 8.21. The molecule has 1 aromatic carbocycles. The maximum Gasteiger partial charge on any atom is 0.229 e. The van der Waals surface area contributed by atoms with E-state index in [1.165, 1.54) is 0 Å². The van der Waals surface area contributed by atoms with Gasteiger partial charge in [0, 0.05) is 28.9 Å². The Labute approximate surface area is 190 Å². The average molecular weight is 458 g/mol. The largest absolute Gasteiger partial charge is 0.393 e. The lowest BCUT2D eigenvalue weighted by atomic mass is 9.88. The van der Waals surface area contributed by atoms with Crippen LogP contribution in [0.2, 0.25) is 5.02 Å². The maximum absolute atomic E-state index is 14.5. The van der Waals surface area contributed by atoms with Crippen LogP contribution in [0, 0.1) is 18.7 Å². The summed E-state index contributed by atoms with van der Waals surface area (Å²) >= 11 is 5.99. The van der Waals surface area contributed by atoms with Crippen LogP contribution in [0.3, 0.4) is 0 Å². The zero-order valence-electron chi connectivity index (χ0n) is 18.0. The highest BCUT2D eigenvalue weighted by atomic mass is 35.5. The molecule has 1 amide bonds. The number of nitrogens with zero attached hydrogens (tertiary/aromatic N) is 2. The molecule has 4 atom stereocenters. The van der Waals surface area contributed by atoms with Crippen molar-refractivity contribution in [3.8, 4) is 11.3 Å². The zero-order chi connectivity index (χ0) is 23.0. The molecule has 0 spiro atoms. The molecule has 9 heteroatoms. The van der Waals surface area contributed by atoms with E-state index in [-0.39, 0.29) is 30.1 Å². The average Bonchev–Trinajstić information content (AvgIpc) is 3.33. The van der Waals surface area contributed by atoms with Crippen molar-refractivity contribution in [2.24, 2.45) is 5.92 Å². The molecule has 2 aromatic heterocycles. The minimum absolute atomic E-state index is 0.0138. The summed E-state index contributed by atoms with van der Waals surface area (Å²) in [5, 5.41) is 16.5. The number of nitrogens with one attached hydrogen (secondary N) is 3. The Hall–Kier alpha value is -2.97. The van der Waals surface area contributed by atoms with Gasteiger partial charge < -0.3 is 20.7 Å². The molecule has 1 aliphatic heterocycles. The number of aliphatic hydroxyl groups is 1. The van der Waals surface area contributed by atoms with E-state index in [9.17, 15) is 14.3 Å². The Kier molecular flexibility index (Phi) is 6.17. The second-order valence-corrected chi connectivity index (χ2v) is 8.65. The van der Waals surface area contributed by atoms with Gasteiger partial charge in [0.2, 0.25) is 11.9 Å². The van der Waals surface area contributed by atoms with Crippen molar-refractivity contribution in [1.82, 2.24) is 20.3 Å². The standard InChI is InChI=1S/C23H25ClFN5O2/c1-11-8-18(29-20(11)14-4-6-15(24)7-5-14)12(2)28-23-27-10-17(25)21(30-23)19-16(13(3)31)9-26-22(19)32/h4-8,10,12-13,16,19,29,31H,9H2,1-3H3,(H,26,32)(H,27,28,30)/t12-,13+,16?,19+/m0/s1. The van der Waals surface area contributed by atoms with Crippen LogP contribution in [-0.2, 0) is 4.79 Å². The third-order valence-electron chi connectivity index (χ3n) is 5.89. The van der Waals surface area contributed by atoms with Gasteiger partial charge in [-0.1, -0.05) is 23.7 Å². The molecule has 0 saturated carbocycles. The molecule has 0 radical (unpaired) electrons. The summed E-state index contributed by atoms with van der Waals surface area (Å²) in [5.41, 5.74) is 3.96. The number of aryl methyl sites for hydroxylation is 1. The molecule has 1 aliphatic rings. The van der Waals surface area contributed by atoms with Crippen molar-refractivity contribution in [3.63, 3.8) is 0 Å². The Bertz CT molecular complexity index is 1130. The van der Waals surface area contributed by atoms with Gasteiger partial charge in [0.25, 0.3) is 0 Å². The number of aromatic amines is 1. The van der Waals surface area contributed by atoms with E-state index in [2.05, 4.69) is 25.6 Å². The third-order valence-corrected chi connectivity index (χ3v) is 6.14. The van der Waals surface area contributed by atoms with Crippen LogP contribution in [0.25, 0.3) is 11.3 Å². The van der Waals surface area contributed by atoms with Crippen LogP contribution in [0.15, 0.2) is 36.5 Å². The van der Waals surface area contributed by atoms with Gasteiger partial charge in [0.1, 0.15) is 0 Å². The second kappa shape index (κ2) is 8.88. The van der Waals surface area contributed by atoms with Gasteiger partial charge in [0.05, 0.1) is 30.0 Å². The van der Waals surface area contributed by atoms with E-state index in [1.807, 2.05) is 44.2 Å². The fourth-order valence-corrected chi connectivity index (χ4v) is 4.22. The molecule has 3 heterocycles. The van der Waals surface area contributed by atoms with Crippen molar-refractivity contribution in [2.75, 3.05) is 11.9 Å². The smallest absolute Gasteiger partial charge is 0.229 e. The fourth-order valence-electron chi connectivity index (χ4n) is 4.09. The van der Waals surface area contributed by atoms with Crippen LogP contribution in [-0.4, -0.2) is 38.6 Å². The molecule has 0 aliphatic carbocycles. The van der Waals surface area contributed by atoms with Gasteiger partial charge in [-0.05, 0) is 50.1 Å². The van der Waals surface area contributed by atoms with Crippen molar-refractivity contribution in [1.29, 1.82) is 0 Å². The highest BCUT2D eigenvalue weighted by molar-refractivity contribution is 6.30. The lowest BCUT2D eigenvalue weighted by Crippen LogP contribution is -2.26. The number of hydrogen-bond donors (Lipinski definition) is 4. The van der Waals surface area contributed by atoms with E-state index >= 15 is 0 Å². The molecule has 0 bridgehead atoms.